The average Bonchev–Trinajstić information content (AvgIpc) is 2.60. The van der Waals surface area contributed by atoms with E-state index >= 15 is 0 Å². The van der Waals surface area contributed by atoms with Crippen molar-refractivity contribution in [2.45, 2.75) is 12.5 Å². The molecule has 25 heavy (non-hydrogen) atoms. The molecular formula is C18H18FNO5. The van der Waals surface area contributed by atoms with E-state index in [-0.39, 0.29) is 12.0 Å². The minimum atomic E-state index is -1.09. The Kier molecular flexibility index (Phi) is 5.94. The molecule has 6 nitrogen and oxygen atoms in total. The lowest BCUT2D eigenvalue weighted by Crippen LogP contribution is -2.30. The second-order valence-corrected chi connectivity index (χ2v) is 5.24. The van der Waals surface area contributed by atoms with Crippen molar-refractivity contribution in [1.82, 2.24) is 5.32 Å². The molecule has 1 atom stereocenters. The second kappa shape index (κ2) is 8.14. The maximum Gasteiger partial charge on any atom is 0.305 e. The molecule has 0 aromatic heterocycles. The van der Waals surface area contributed by atoms with Crippen LogP contribution in [0.15, 0.2) is 42.5 Å². The first kappa shape index (κ1) is 18.3. The summed E-state index contributed by atoms with van der Waals surface area (Å²) in [4.78, 5) is 23.7. The van der Waals surface area contributed by atoms with Gasteiger partial charge < -0.3 is 19.9 Å². The second-order valence-electron chi connectivity index (χ2n) is 5.24. The van der Waals surface area contributed by atoms with Crippen molar-refractivity contribution in [3.8, 4) is 11.5 Å². The maximum absolute atomic E-state index is 13.1. The van der Waals surface area contributed by atoms with Crippen molar-refractivity contribution in [1.29, 1.82) is 0 Å². The van der Waals surface area contributed by atoms with E-state index in [1.54, 1.807) is 12.1 Å². The summed E-state index contributed by atoms with van der Waals surface area (Å²) >= 11 is 0. The SMILES string of the molecule is COc1ccc(C(=O)N[C@@H](CC(=O)O)c2ccc(F)cc2)c(OC)c1. The Morgan fingerprint density at radius 2 is 1.80 bits per heavy atom. The van der Waals surface area contributed by atoms with E-state index in [9.17, 15) is 14.0 Å². The Balaban J connectivity index is 2.27. The largest absolute Gasteiger partial charge is 0.497 e. The highest BCUT2D eigenvalue weighted by Gasteiger charge is 2.21. The van der Waals surface area contributed by atoms with Gasteiger partial charge in [0.15, 0.2) is 0 Å². The van der Waals surface area contributed by atoms with Crippen molar-refractivity contribution in [3.05, 3.63) is 59.4 Å². The fraction of sp³-hybridized carbons (Fsp3) is 0.222. The lowest BCUT2D eigenvalue weighted by molar-refractivity contribution is -0.137. The molecule has 0 saturated heterocycles. The zero-order valence-corrected chi connectivity index (χ0v) is 13.8. The molecule has 0 spiro atoms. The normalized spacial score (nSPS) is 11.5. The van der Waals surface area contributed by atoms with E-state index in [1.807, 2.05) is 0 Å². The number of carboxylic acids is 1. The Morgan fingerprint density at radius 3 is 2.36 bits per heavy atom. The molecule has 0 unspecified atom stereocenters. The van der Waals surface area contributed by atoms with Crippen molar-refractivity contribution >= 4 is 11.9 Å². The van der Waals surface area contributed by atoms with Crippen molar-refractivity contribution < 1.29 is 28.6 Å². The lowest BCUT2D eigenvalue weighted by Gasteiger charge is -2.18. The van der Waals surface area contributed by atoms with Crippen LogP contribution in [0.25, 0.3) is 0 Å². The molecule has 0 aliphatic heterocycles. The summed E-state index contributed by atoms with van der Waals surface area (Å²) in [5.41, 5.74) is 0.727. The number of aliphatic carboxylic acids is 1. The van der Waals surface area contributed by atoms with Gasteiger partial charge in [0.1, 0.15) is 17.3 Å². The highest BCUT2D eigenvalue weighted by atomic mass is 19.1. The van der Waals surface area contributed by atoms with Crippen LogP contribution in [0.4, 0.5) is 4.39 Å². The molecule has 0 saturated carbocycles. The van der Waals surface area contributed by atoms with Gasteiger partial charge in [-0.1, -0.05) is 12.1 Å². The Morgan fingerprint density at radius 1 is 1.12 bits per heavy atom. The molecule has 0 heterocycles. The highest BCUT2D eigenvalue weighted by molar-refractivity contribution is 5.97. The van der Waals surface area contributed by atoms with Gasteiger partial charge in [0.25, 0.3) is 5.91 Å². The topological polar surface area (TPSA) is 84.9 Å². The van der Waals surface area contributed by atoms with Crippen LogP contribution in [-0.4, -0.2) is 31.2 Å². The number of carbonyl (C=O) groups excluding carboxylic acids is 1. The number of carbonyl (C=O) groups is 2. The van der Waals surface area contributed by atoms with E-state index in [1.165, 1.54) is 44.6 Å². The summed E-state index contributed by atoms with van der Waals surface area (Å²) in [6, 6.07) is 9.17. The lowest BCUT2D eigenvalue weighted by atomic mass is 10.0. The van der Waals surface area contributed by atoms with Gasteiger partial charge in [0, 0.05) is 6.07 Å². The number of amides is 1. The fourth-order valence-electron chi connectivity index (χ4n) is 2.34. The first-order chi connectivity index (χ1) is 11.9. The third kappa shape index (κ3) is 4.69. The highest BCUT2D eigenvalue weighted by Crippen LogP contribution is 2.26. The molecule has 0 radical (unpaired) electrons. The van der Waals surface area contributed by atoms with E-state index in [2.05, 4.69) is 5.32 Å². The van der Waals surface area contributed by atoms with Crippen LogP contribution in [-0.2, 0) is 4.79 Å². The van der Waals surface area contributed by atoms with Crippen LogP contribution in [0.1, 0.15) is 28.4 Å². The molecule has 2 aromatic carbocycles. The molecule has 2 rings (SSSR count). The first-order valence-electron chi connectivity index (χ1n) is 7.44. The molecule has 7 heteroatoms. The number of carboxylic acid groups (broad SMARTS) is 1. The van der Waals surface area contributed by atoms with E-state index in [0.29, 0.717) is 17.1 Å². The number of ether oxygens (including phenoxy) is 2. The van der Waals surface area contributed by atoms with Crippen molar-refractivity contribution in [2.24, 2.45) is 0 Å². The summed E-state index contributed by atoms with van der Waals surface area (Å²) in [5.74, 6) is -1.22. The number of nitrogens with one attached hydrogen (secondary N) is 1. The third-order valence-corrected chi connectivity index (χ3v) is 3.61. The molecule has 2 aromatic rings. The zero-order valence-electron chi connectivity index (χ0n) is 13.8. The van der Waals surface area contributed by atoms with Crippen LogP contribution in [0.2, 0.25) is 0 Å². The summed E-state index contributed by atoms with van der Waals surface area (Å²) in [7, 11) is 2.91. The van der Waals surface area contributed by atoms with Crippen molar-refractivity contribution in [3.63, 3.8) is 0 Å². The molecule has 0 bridgehead atoms. The predicted octanol–water partition coefficient (Wildman–Crippen LogP) is 2.79. The minimum absolute atomic E-state index is 0.237. The van der Waals surface area contributed by atoms with E-state index < -0.39 is 23.7 Å². The number of methoxy groups -OCH3 is 2. The molecule has 0 aliphatic rings. The molecule has 132 valence electrons. The number of benzene rings is 2. The van der Waals surface area contributed by atoms with Gasteiger partial charge in [-0.05, 0) is 29.8 Å². The smallest absolute Gasteiger partial charge is 0.305 e. The quantitative estimate of drug-likeness (QED) is 0.804. The van der Waals surface area contributed by atoms with Gasteiger partial charge >= 0.3 is 5.97 Å². The van der Waals surface area contributed by atoms with Crippen LogP contribution in [0.3, 0.4) is 0 Å². The Labute approximate surface area is 144 Å². The maximum atomic E-state index is 13.1. The molecule has 1 amide bonds. The fourth-order valence-corrected chi connectivity index (χ4v) is 2.34. The van der Waals surface area contributed by atoms with Crippen LogP contribution < -0.4 is 14.8 Å². The van der Waals surface area contributed by atoms with Crippen LogP contribution >= 0.6 is 0 Å². The number of hydrogen-bond acceptors (Lipinski definition) is 4. The van der Waals surface area contributed by atoms with Gasteiger partial charge in [-0.2, -0.15) is 0 Å². The van der Waals surface area contributed by atoms with E-state index in [0.717, 1.165) is 0 Å². The molecule has 0 aliphatic carbocycles. The van der Waals surface area contributed by atoms with Crippen LogP contribution in [0, 0.1) is 5.82 Å². The predicted molar refractivity (Wildman–Crippen MR) is 88.4 cm³/mol. The monoisotopic (exact) mass is 347 g/mol. The van der Waals surface area contributed by atoms with Gasteiger partial charge in [-0.3, -0.25) is 9.59 Å². The minimum Gasteiger partial charge on any atom is -0.497 e. The van der Waals surface area contributed by atoms with Crippen LogP contribution in [0.5, 0.6) is 11.5 Å². The Bertz CT molecular complexity index is 761. The summed E-state index contributed by atoms with van der Waals surface area (Å²) in [6.45, 7) is 0. The van der Waals surface area contributed by atoms with Crippen molar-refractivity contribution in [2.75, 3.05) is 14.2 Å². The van der Waals surface area contributed by atoms with Gasteiger partial charge in [0.05, 0.1) is 32.2 Å². The standard InChI is InChI=1S/C18H18FNO5/c1-24-13-7-8-14(16(9-13)25-2)18(23)20-15(10-17(21)22)11-3-5-12(19)6-4-11/h3-9,15H,10H2,1-2H3,(H,20,23)(H,21,22)/t15-/m0/s1. The summed E-state index contributed by atoms with van der Waals surface area (Å²) in [5, 5.41) is 11.7. The number of rotatable bonds is 7. The van der Waals surface area contributed by atoms with Gasteiger partial charge in [0.2, 0.25) is 0 Å². The van der Waals surface area contributed by atoms with Gasteiger partial charge in [-0.25, -0.2) is 4.39 Å². The first-order valence-corrected chi connectivity index (χ1v) is 7.44. The molecular weight excluding hydrogens is 329 g/mol. The number of hydrogen-bond donors (Lipinski definition) is 2. The Hall–Kier alpha value is -3.09. The molecule has 2 N–H and O–H groups in total. The van der Waals surface area contributed by atoms with Gasteiger partial charge in [-0.15, -0.1) is 0 Å². The summed E-state index contributed by atoms with van der Waals surface area (Å²) < 4.78 is 23.3. The third-order valence-electron chi connectivity index (χ3n) is 3.61. The summed E-state index contributed by atoms with van der Waals surface area (Å²) in [6.07, 6.45) is -0.337. The zero-order chi connectivity index (χ0) is 18.4. The number of halogens is 1. The molecule has 0 fully saturated rings. The van der Waals surface area contributed by atoms with E-state index in [4.69, 9.17) is 14.6 Å². The average molecular weight is 347 g/mol.